The van der Waals surface area contributed by atoms with Crippen molar-refractivity contribution in [2.24, 2.45) is 0 Å². The summed E-state index contributed by atoms with van der Waals surface area (Å²) >= 11 is 0. The van der Waals surface area contributed by atoms with Crippen LogP contribution < -0.4 is 5.73 Å². The first-order chi connectivity index (χ1) is 18.6. The number of ether oxygens (including phenoxy) is 1. The number of nitrogens with one attached hydrogen (secondary N) is 1. The maximum atomic E-state index is 12.6. The molecule has 0 aliphatic heterocycles. The second-order valence-electron chi connectivity index (χ2n) is 9.25. The van der Waals surface area contributed by atoms with E-state index in [4.69, 9.17) is 15.5 Å². The van der Waals surface area contributed by atoms with E-state index in [0.29, 0.717) is 29.9 Å². The quantitative estimate of drug-likeness (QED) is 0.247. The largest absolute Gasteiger partial charge is 0.461 e. The number of hydrogen-bond donors (Lipinski definition) is 2. The summed E-state index contributed by atoms with van der Waals surface area (Å²) in [7, 11) is 0. The number of fused-ring (bicyclic) bond motifs is 3. The van der Waals surface area contributed by atoms with E-state index in [-0.39, 0.29) is 12.6 Å². The van der Waals surface area contributed by atoms with Gasteiger partial charge in [0.25, 0.3) is 0 Å². The highest BCUT2D eigenvalue weighted by molar-refractivity contribution is 5.91. The molecule has 38 heavy (non-hydrogen) atoms. The molecule has 0 radical (unpaired) electrons. The number of nitrogen functional groups attached to an aromatic ring is 1. The molecule has 2 heterocycles. The van der Waals surface area contributed by atoms with Gasteiger partial charge < -0.3 is 10.5 Å². The van der Waals surface area contributed by atoms with Gasteiger partial charge in [0.05, 0.1) is 23.4 Å². The van der Waals surface area contributed by atoms with Crippen molar-refractivity contribution in [2.45, 2.75) is 25.2 Å². The summed E-state index contributed by atoms with van der Waals surface area (Å²) in [5.41, 5.74) is 13.1. The van der Waals surface area contributed by atoms with Gasteiger partial charge in [-0.15, -0.1) is 0 Å². The number of aromatic nitrogens is 4. The van der Waals surface area contributed by atoms with Crippen LogP contribution in [0.3, 0.4) is 0 Å². The van der Waals surface area contributed by atoms with Crippen molar-refractivity contribution in [3.05, 3.63) is 130 Å². The minimum atomic E-state index is -0.761. The number of aromatic amines is 1. The van der Waals surface area contributed by atoms with E-state index in [0.717, 1.165) is 33.5 Å². The molecule has 1 aliphatic carbocycles. The second-order valence-corrected chi connectivity index (χ2v) is 9.25. The Kier molecular flexibility index (Phi) is 5.96. The molecule has 188 valence electrons. The van der Waals surface area contributed by atoms with Crippen LogP contribution in [-0.4, -0.2) is 32.7 Å². The Morgan fingerprint density at radius 1 is 0.816 bits per heavy atom. The number of carbonyl (C=O) groups excluding carboxylic acids is 1. The van der Waals surface area contributed by atoms with Crippen molar-refractivity contribution in [2.75, 3.05) is 12.3 Å². The normalized spacial score (nSPS) is 12.4. The van der Waals surface area contributed by atoms with Gasteiger partial charge in [-0.05, 0) is 36.5 Å². The van der Waals surface area contributed by atoms with Crippen molar-refractivity contribution in [1.82, 2.24) is 20.2 Å². The lowest BCUT2D eigenvalue weighted by atomic mass is 9.65. The van der Waals surface area contributed by atoms with Gasteiger partial charge in [0.15, 0.2) is 0 Å². The topological polar surface area (TPSA) is 107 Å². The predicted molar refractivity (Wildman–Crippen MR) is 146 cm³/mol. The van der Waals surface area contributed by atoms with Crippen molar-refractivity contribution in [3.8, 4) is 11.4 Å². The molecule has 1 aliphatic rings. The second kappa shape index (κ2) is 9.59. The van der Waals surface area contributed by atoms with E-state index in [1.807, 2.05) is 54.6 Å². The minimum absolute atomic E-state index is 0.152. The first-order valence-electron chi connectivity index (χ1n) is 12.7. The van der Waals surface area contributed by atoms with Crippen LogP contribution >= 0.6 is 0 Å². The molecule has 0 amide bonds. The molecular weight excluding hydrogens is 474 g/mol. The van der Waals surface area contributed by atoms with Gasteiger partial charge in [0, 0.05) is 11.1 Å². The van der Waals surface area contributed by atoms with Gasteiger partial charge in [0.2, 0.25) is 5.95 Å². The average Bonchev–Trinajstić information content (AvgIpc) is 3.40. The van der Waals surface area contributed by atoms with E-state index in [9.17, 15) is 4.79 Å². The zero-order valence-electron chi connectivity index (χ0n) is 21.0. The lowest BCUT2D eigenvalue weighted by molar-refractivity contribution is 0.0518. The standard InChI is InChI=1S/C31H27N5O2/c1-2-38-29(37)27-23-18-19-24-25(26(23)35-36-27)33-30(32)34-28(24)31(20-12-6-3-7-13-20,21-14-8-4-9-15-21)22-16-10-5-11-17-22/h3-17H,2,18-19H2,1H3,(H,35,36)(H2,32,33,34). The van der Waals surface area contributed by atoms with Crippen molar-refractivity contribution < 1.29 is 9.53 Å². The number of anilines is 1. The molecule has 0 atom stereocenters. The van der Waals surface area contributed by atoms with Gasteiger partial charge in [-0.2, -0.15) is 5.10 Å². The summed E-state index contributed by atoms with van der Waals surface area (Å²) in [5, 5.41) is 7.40. The molecule has 0 fully saturated rings. The summed E-state index contributed by atoms with van der Waals surface area (Å²) in [6, 6.07) is 31.1. The summed E-state index contributed by atoms with van der Waals surface area (Å²) < 4.78 is 5.25. The molecule has 6 rings (SSSR count). The van der Waals surface area contributed by atoms with Crippen LogP contribution in [0.15, 0.2) is 91.0 Å². The molecule has 0 spiro atoms. The number of hydrogen-bond acceptors (Lipinski definition) is 6. The average molecular weight is 502 g/mol. The summed E-state index contributed by atoms with van der Waals surface area (Å²) in [4.78, 5) is 22.2. The van der Waals surface area contributed by atoms with Crippen LogP contribution in [0.2, 0.25) is 0 Å². The first-order valence-corrected chi connectivity index (χ1v) is 12.7. The molecular formula is C31H27N5O2. The fraction of sp³-hybridized carbons (Fsp3) is 0.161. The number of nitrogens with two attached hydrogens (primary N) is 1. The smallest absolute Gasteiger partial charge is 0.356 e. The lowest BCUT2D eigenvalue weighted by Crippen LogP contribution is -2.34. The molecule has 7 nitrogen and oxygen atoms in total. The third kappa shape index (κ3) is 3.66. The highest BCUT2D eigenvalue weighted by atomic mass is 16.5. The number of carbonyl (C=O) groups is 1. The Hall–Kier alpha value is -4.78. The van der Waals surface area contributed by atoms with Gasteiger partial charge >= 0.3 is 5.97 Å². The Balaban J connectivity index is 1.69. The number of esters is 1. The minimum Gasteiger partial charge on any atom is -0.461 e. The Labute approximate surface area is 220 Å². The maximum Gasteiger partial charge on any atom is 0.356 e. The third-order valence-corrected chi connectivity index (χ3v) is 7.20. The van der Waals surface area contributed by atoms with Gasteiger partial charge in [-0.25, -0.2) is 14.8 Å². The Morgan fingerprint density at radius 3 is 1.87 bits per heavy atom. The van der Waals surface area contributed by atoms with E-state index in [1.165, 1.54) is 0 Å². The van der Waals surface area contributed by atoms with Gasteiger partial charge in [-0.1, -0.05) is 91.0 Å². The van der Waals surface area contributed by atoms with Crippen LogP contribution in [0, 0.1) is 0 Å². The zero-order valence-corrected chi connectivity index (χ0v) is 21.0. The van der Waals surface area contributed by atoms with Crippen LogP contribution in [0.4, 0.5) is 5.95 Å². The predicted octanol–water partition coefficient (Wildman–Crippen LogP) is 5.11. The van der Waals surface area contributed by atoms with Crippen LogP contribution in [0.5, 0.6) is 0 Å². The van der Waals surface area contributed by atoms with Crippen LogP contribution in [0.1, 0.15) is 50.9 Å². The van der Waals surface area contributed by atoms with Crippen LogP contribution in [0.25, 0.3) is 11.4 Å². The molecule has 3 N–H and O–H groups in total. The van der Waals surface area contributed by atoms with E-state index >= 15 is 0 Å². The molecule has 3 aromatic carbocycles. The van der Waals surface area contributed by atoms with Gasteiger partial charge in [-0.3, -0.25) is 5.10 Å². The fourth-order valence-corrected chi connectivity index (χ4v) is 5.65. The molecule has 0 bridgehead atoms. The Morgan fingerprint density at radius 2 is 1.34 bits per heavy atom. The van der Waals surface area contributed by atoms with E-state index in [2.05, 4.69) is 51.6 Å². The molecule has 0 unspecified atom stereocenters. The SMILES string of the molecule is CCOC(=O)c1[nH]nc2c1CCc1c-2nc(N)nc1C(c1ccccc1)(c1ccccc1)c1ccccc1. The molecule has 0 saturated heterocycles. The van der Waals surface area contributed by atoms with Crippen molar-refractivity contribution in [1.29, 1.82) is 0 Å². The third-order valence-electron chi connectivity index (χ3n) is 7.20. The highest BCUT2D eigenvalue weighted by Gasteiger charge is 2.43. The number of H-pyrrole nitrogens is 1. The highest BCUT2D eigenvalue weighted by Crippen LogP contribution is 2.48. The zero-order chi connectivity index (χ0) is 26.1. The Bertz CT molecular complexity index is 1500. The van der Waals surface area contributed by atoms with Crippen molar-refractivity contribution >= 4 is 11.9 Å². The molecule has 0 saturated carbocycles. The lowest BCUT2D eigenvalue weighted by Gasteiger charge is -2.38. The number of rotatable bonds is 6. The fourth-order valence-electron chi connectivity index (χ4n) is 5.65. The van der Waals surface area contributed by atoms with Crippen molar-refractivity contribution in [3.63, 3.8) is 0 Å². The molecule has 7 heteroatoms. The van der Waals surface area contributed by atoms with E-state index in [1.54, 1.807) is 6.92 Å². The van der Waals surface area contributed by atoms with Crippen LogP contribution in [-0.2, 0) is 23.0 Å². The monoisotopic (exact) mass is 501 g/mol. The number of benzene rings is 3. The van der Waals surface area contributed by atoms with Gasteiger partial charge in [0.1, 0.15) is 11.4 Å². The number of nitrogens with zero attached hydrogens (tertiary/aromatic N) is 3. The van der Waals surface area contributed by atoms with E-state index < -0.39 is 11.4 Å². The summed E-state index contributed by atoms with van der Waals surface area (Å²) in [6.07, 6.45) is 1.22. The first kappa shape index (κ1) is 23.6. The maximum absolute atomic E-state index is 12.6. The summed E-state index contributed by atoms with van der Waals surface area (Å²) in [6.45, 7) is 2.07. The molecule has 2 aromatic heterocycles. The molecule has 5 aromatic rings. The summed E-state index contributed by atoms with van der Waals surface area (Å²) in [5.74, 6) is -0.265.